The van der Waals surface area contributed by atoms with Crippen LogP contribution in [0.5, 0.6) is 5.75 Å². The number of esters is 1. The molecule has 0 spiro atoms. The second-order valence-electron chi connectivity index (χ2n) is 12.7. The summed E-state index contributed by atoms with van der Waals surface area (Å²) >= 11 is 6.34. The number of fused-ring (bicyclic) bond motifs is 3. The Bertz CT molecular complexity index is 1500. The second kappa shape index (κ2) is 15.5. The van der Waals surface area contributed by atoms with E-state index in [1.165, 1.54) is 12.7 Å². The number of aliphatic hydroxyl groups is 1. The van der Waals surface area contributed by atoms with E-state index in [1.807, 2.05) is 49.4 Å². The summed E-state index contributed by atoms with van der Waals surface area (Å²) in [5, 5.41) is 11.2. The van der Waals surface area contributed by atoms with Crippen LogP contribution in [0.25, 0.3) is 0 Å². The van der Waals surface area contributed by atoms with E-state index >= 15 is 0 Å². The zero-order valence-corrected chi connectivity index (χ0v) is 28.6. The zero-order valence-electron chi connectivity index (χ0n) is 27.0. The molecular formula is C35H47ClN2O7S. The van der Waals surface area contributed by atoms with E-state index in [9.17, 15) is 18.3 Å². The molecule has 11 heteroatoms. The van der Waals surface area contributed by atoms with Gasteiger partial charge in [-0.3, -0.25) is 0 Å². The number of allylic oxidation sites excluding steroid dienone is 1. The minimum absolute atomic E-state index is 0.173. The van der Waals surface area contributed by atoms with Crippen LogP contribution in [0.15, 0.2) is 48.6 Å². The molecule has 3 aliphatic rings. The summed E-state index contributed by atoms with van der Waals surface area (Å²) in [6, 6.07) is 11.3. The van der Waals surface area contributed by atoms with Gasteiger partial charge in [-0.15, -0.1) is 0 Å². The molecule has 6 atom stereocenters. The van der Waals surface area contributed by atoms with Gasteiger partial charge >= 0.3 is 5.97 Å². The third-order valence-corrected chi connectivity index (χ3v) is 11.9. The van der Waals surface area contributed by atoms with E-state index in [2.05, 4.69) is 9.62 Å². The quantitative estimate of drug-likeness (QED) is 0.297. The Labute approximate surface area is 278 Å². The van der Waals surface area contributed by atoms with Gasteiger partial charge in [-0.05, 0) is 111 Å². The van der Waals surface area contributed by atoms with E-state index < -0.39 is 33.6 Å². The summed E-state index contributed by atoms with van der Waals surface area (Å²) in [5.41, 5.74) is 3.52. The largest absolute Gasteiger partial charge is 0.487 e. The number of hydrogen-bond acceptors (Lipinski definition) is 8. The Balaban J connectivity index is 1.53. The lowest BCUT2D eigenvalue weighted by Gasteiger charge is -2.44. The third-order valence-electron chi connectivity index (χ3n) is 9.71. The van der Waals surface area contributed by atoms with Crippen LogP contribution in [0.3, 0.4) is 0 Å². The van der Waals surface area contributed by atoms with Crippen LogP contribution in [0.1, 0.15) is 81.7 Å². The number of methoxy groups -OCH3 is 1. The molecule has 2 bridgehead atoms. The summed E-state index contributed by atoms with van der Waals surface area (Å²) in [4.78, 5) is 14.6. The first-order chi connectivity index (χ1) is 22.1. The van der Waals surface area contributed by atoms with Gasteiger partial charge in [0, 0.05) is 18.1 Å². The number of aliphatic hydroxyl groups excluding tert-OH is 1. The number of benzene rings is 2. The molecule has 0 saturated heterocycles. The van der Waals surface area contributed by atoms with Gasteiger partial charge < -0.3 is 24.2 Å². The van der Waals surface area contributed by atoms with Crippen molar-refractivity contribution in [3.05, 3.63) is 70.3 Å². The predicted octanol–water partition coefficient (Wildman–Crippen LogP) is 6.07. The van der Waals surface area contributed by atoms with Gasteiger partial charge in [0.05, 0.1) is 24.2 Å². The number of nitrogens with zero attached hydrogens (tertiary/aromatic N) is 1. The first-order valence-corrected chi connectivity index (χ1v) is 18.4. The number of rotatable bonds is 4. The van der Waals surface area contributed by atoms with E-state index in [-0.39, 0.29) is 17.9 Å². The highest BCUT2D eigenvalue weighted by atomic mass is 35.5. The molecule has 252 valence electrons. The molecule has 0 radical (unpaired) electrons. The molecule has 2 heterocycles. The number of nitrogens with one attached hydrogen (secondary N) is 1. The van der Waals surface area contributed by atoms with Gasteiger partial charge in [0.15, 0.2) is 6.10 Å². The smallest absolute Gasteiger partial charge is 0.334 e. The van der Waals surface area contributed by atoms with Gasteiger partial charge in [-0.1, -0.05) is 42.8 Å². The first kappa shape index (κ1) is 34.7. The molecule has 0 aromatic heterocycles. The molecule has 1 saturated carbocycles. The van der Waals surface area contributed by atoms with Crippen molar-refractivity contribution in [1.29, 1.82) is 0 Å². The fraction of sp³-hybridized carbons (Fsp3) is 0.571. The van der Waals surface area contributed by atoms with Crippen molar-refractivity contribution in [2.24, 2.45) is 11.8 Å². The van der Waals surface area contributed by atoms with E-state index in [0.29, 0.717) is 42.2 Å². The molecule has 1 aliphatic carbocycles. The molecule has 1 unspecified atom stereocenters. The van der Waals surface area contributed by atoms with Crippen LogP contribution in [-0.2, 0) is 37.3 Å². The summed E-state index contributed by atoms with van der Waals surface area (Å²) < 4.78 is 47.0. The van der Waals surface area contributed by atoms with Crippen molar-refractivity contribution in [3.63, 3.8) is 0 Å². The van der Waals surface area contributed by atoms with Crippen LogP contribution in [-0.4, -0.2) is 57.2 Å². The number of halogens is 1. The summed E-state index contributed by atoms with van der Waals surface area (Å²) in [6.45, 7) is 5.37. The summed E-state index contributed by atoms with van der Waals surface area (Å²) in [5.74, 6) is 0.700. The number of hydrogen-bond donors (Lipinski definition) is 2. The number of anilines is 1. The van der Waals surface area contributed by atoms with E-state index in [0.717, 1.165) is 56.4 Å². The minimum Gasteiger partial charge on any atom is -0.487 e. The van der Waals surface area contributed by atoms with Gasteiger partial charge in [0.2, 0.25) is 10.0 Å². The molecule has 1 fully saturated rings. The SMILES string of the molecule is CC[C@@H]1CC/C=C/[C@H](O[C@H](C)C(=O)OC)[C@@H]2CC[C@H]2CN2CCCCc3cc(Cl)ccc3COc3ccc(cc32)C(O)NS1(=O)=O. The van der Waals surface area contributed by atoms with Gasteiger partial charge in [0.1, 0.15) is 18.6 Å². The molecule has 9 nitrogen and oxygen atoms in total. The lowest BCUT2D eigenvalue weighted by atomic mass is 9.70. The average Bonchev–Trinajstić information content (AvgIpc) is 3.04. The van der Waals surface area contributed by atoms with Crippen molar-refractivity contribution < 1.29 is 32.5 Å². The number of sulfonamides is 1. The number of aryl methyl sites for hydroxylation is 1. The zero-order chi connectivity index (χ0) is 32.8. The molecule has 2 aromatic rings. The number of carbonyl (C=O) groups is 1. The van der Waals surface area contributed by atoms with Crippen LogP contribution in [0.4, 0.5) is 5.69 Å². The van der Waals surface area contributed by atoms with E-state index in [4.69, 9.17) is 25.8 Å². The second-order valence-corrected chi connectivity index (χ2v) is 15.1. The van der Waals surface area contributed by atoms with Gasteiger partial charge in [-0.25, -0.2) is 13.2 Å². The monoisotopic (exact) mass is 674 g/mol. The highest BCUT2D eigenvalue weighted by Gasteiger charge is 2.39. The Morgan fingerprint density at radius 1 is 1.15 bits per heavy atom. The van der Waals surface area contributed by atoms with Crippen LogP contribution in [0, 0.1) is 11.8 Å². The molecule has 2 N–H and O–H groups in total. The van der Waals surface area contributed by atoms with Gasteiger partial charge in [0.25, 0.3) is 0 Å². The maximum Gasteiger partial charge on any atom is 0.334 e. The van der Waals surface area contributed by atoms with Crippen LogP contribution in [0.2, 0.25) is 5.02 Å². The maximum atomic E-state index is 13.4. The highest BCUT2D eigenvalue weighted by Crippen LogP contribution is 2.42. The average molecular weight is 675 g/mol. The molecule has 5 rings (SSSR count). The van der Waals surface area contributed by atoms with Crippen molar-refractivity contribution in [2.45, 2.75) is 95.5 Å². The topological polar surface area (TPSA) is 114 Å². The molecular weight excluding hydrogens is 628 g/mol. The minimum atomic E-state index is -3.84. The van der Waals surface area contributed by atoms with Crippen molar-refractivity contribution in [1.82, 2.24) is 4.72 Å². The molecule has 46 heavy (non-hydrogen) atoms. The van der Waals surface area contributed by atoms with Crippen molar-refractivity contribution in [2.75, 3.05) is 25.1 Å². The number of ether oxygens (including phenoxy) is 3. The first-order valence-electron chi connectivity index (χ1n) is 16.5. The summed E-state index contributed by atoms with van der Waals surface area (Å²) in [6.07, 6.45) is 7.55. The highest BCUT2D eigenvalue weighted by molar-refractivity contribution is 7.90. The van der Waals surface area contributed by atoms with Crippen molar-refractivity contribution in [3.8, 4) is 5.75 Å². The van der Waals surface area contributed by atoms with Crippen LogP contribution < -0.4 is 14.4 Å². The molecule has 2 aliphatic heterocycles. The lowest BCUT2D eigenvalue weighted by molar-refractivity contribution is -0.158. The Kier molecular flexibility index (Phi) is 11.7. The third kappa shape index (κ3) is 8.26. The van der Waals surface area contributed by atoms with Gasteiger partial charge in [-0.2, -0.15) is 4.72 Å². The predicted molar refractivity (Wildman–Crippen MR) is 179 cm³/mol. The maximum absolute atomic E-state index is 13.4. The molecule has 0 amide bonds. The Morgan fingerprint density at radius 3 is 2.72 bits per heavy atom. The Morgan fingerprint density at radius 2 is 1.98 bits per heavy atom. The lowest BCUT2D eigenvalue weighted by Crippen LogP contribution is -2.45. The standard InChI is InChI=1S/C35H47ClN2O7S/c1-4-29-10-5-6-11-32(45-23(2)35(40)43-3)30-16-13-26(30)21-38-18-8-7-9-24-19-28(36)15-12-27(24)22-44-33-17-14-25(20-31(33)38)34(39)37-46(29,41)42/h6,11-12,14-15,17,19-20,23,26,29-30,32,34,37,39H,4-5,7-10,13,16,18,21-22H2,1-3H3/b11-6+/t23-,26+,29-,30-,32+,34?/m1/s1. The fourth-order valence-corrected chi connectivity index (χ4v) is 8.54. The Hall–Kier alpha value is -2.63. The fourth-order valence-electron chi connectivity index (χ4n) is 6.82. The van der Waals surface area contributed by atoms with Crippen molar-refractivity contribution >= 4 is 33.3 Å². The normalized spacial score (nSPS) is 28.2. The van der Waals surface area contributed by atoms with Crippen LogP contribution >= 0.6 is 11.6 Å². The molecule has 2 aromatic carbocycles. The summed E-state index contributed by atoms with van der Waals surface area (Å²) in [7, 11) is -2.48. The number of carbonyl (C=O) groups excluding carboxylic acids is 1. The van der Waals surface area contributed by atoms with E-state index in [1.54, 1.807) is 13.0 Å².